The lowest BCUT2D eigenvalue weighted by Crippen LogP contribution is -2.53. The van der Waals surface area contributed by atoms with Gasteiger partial charge in [-0.05, 0) is 70.1 Å². The topological polar surface area (TPSA) is 189 Å². The molecule has 0 saturated heterocycles. The number of primary amides is 1. The third kappa shape index (κ3) is 13.7. The standard InChI is InChI=1S/C33H50N6O7/c1-22(2)29(38-26(40)11-7-6-8-19-39-27(41)16-17-28(39)42)30(43)37-25(10-9-18-35-32(34)45)20-36-24-14-12-23(13-15-24)21-46-31(44)33(3,4)5/h12-17,22,25,29,36H,6-11,18-21H2,1-5H3,(H,37,43)(H,38,40)(H3,34,35,45)/t25-,29-/m1/s1. The van der Waals surface area contributed by atoms with Gasteiger partial charge in [0.25, 0.3) is 11.8 Å². The van der Waals surface area contributed by atoms with E-state index in [1.165, 1.54) is 17.1 Å². The number of nitrogens with zero attached hydrogens (tertiary/aromatic N) is 1. The van der Waals surface area contributed by atoms with Crippen LogP contribution < -0.4 is 27.0 Å². The predicted molar refractivity (Wildman–Crippen MR) is 174 cm³/mol. The van der Waals surface area contributed by atoms with Crippen molar-refractivity contribution in [3.05, 3.63) is 42.0 Å². The normalized spacial score (nSPS) is 14.2. The third-order valence-corrected chi connectivity index (χ3v) is 7.32. The van der Waals surface area contributed by atoms with Crippen molar-refractivity contribution in [1.29, 1.82) is 0 Å². The van der Waals surface area contributed by atoms with E-state index >= 15 is 0 Å². The highest BCUT2D eigenvalue weighted by Gasteiger charge is 2.27. The molecule has 6 amide bonds. The number of hydrogen-bond donors (Lipinski definition) is 5. The average Bonchev–Trinajstić information content (AvgIpc) is 3.31. The van der Waals surface area contributed by atoms with E-state index in [1.54, 1.807) is 20.8 Å². The van der Waals surface area contributed by atoms with Gasteiger partial charge in [-0.25, -0.2) is 4.79 Å². The molecule has 2 rings (SSSR count). The van der Waals surface area contributed by atoms with E-state index in [0.717, 1.165) is 11.3 Å². The van der Waals surface area contributed by atoms with Crippen LogP contribution in [-0.2, 0) is 35.3 Å². The van der Waals surface area contributed by atoms with Gasteiger partial charge in [0.1, 0.15) is 12.6 Å². The monoisotopic (exact) mass is 642 g/mol. The molecular formula is C33H50N6O7. The Balaban J connectivity index is 1.89. The van der Waals surface area contributed by atoms with Crippen LogP contribution in [-0.4, -0.2) is 72.2 Å². The van der Waals surface area contributed by atoms with Gasteiger partial charge in [-0.3, -0.25) is 28.9 Å². The van der Waals surface area contributed by atoms with Crippen molar-refractivity contribution < 1.29 is 33.5 Å². The number of carbonyl (C=O) groups is 6. The summed E-state index contributed by atoms with van der Waals surface area (Å²) in [7, 11) is 0. The first-order valence-electron chi connectivity index (χ1n) is 15.8. The van der Waals surface area contributed by atoms with Crippen LogP contribution in [0.1, 0.15) is 78.7 Å². The van der Waals surface area contributed by atoms with E-state index in [2.05, 4.69) is 21.3 Å². The van der Waals surface area contributed by atoms with E-state index in [9.17, 15) is 28.8 Å². The van der Waals surface area contributed by atoms with Gasteiger partial charge in [0, 0.05) is 49.9 Å². The number of amides is 6. The minimum Gasteiger partial charge on any atom is -0.460 e. The number of rotatable bonds is 19. The summed E-state index contributed by atoms with van der Waals surface area (Å²) in [6, 6.07) is 5.75. The fraction of sp³-hybridized carbons (Fsp3) is 0.576. The van der Waals surface area contributed by atoms with Crippen LogP contribution in [0, 0.1) is 11.3 Å². The largest absolute Gasteiger partial charge is 0.460 e. The average molecular weight is 643 g/mol. The summed E-state index contributed by atoms with van der Waals surface area (Å²) in [4.78, 5) is 73.7. The van der Waals surface area contributed by atoms with Crippen molar-refractivity contribution in [2.45, 2.75) is 91.8 Å². The molecule has 46 heavy (non-hydrogen) atoms. The first-order valence-corrected chi connectivity index (χ1v) is 15.8. The molecule has 0 bridgehead atoms. The molecule has 1 aliphatic heterocycles. The van der Waals surface area contributed by atoms with Crippen LogP contribution in [0.2, 0.25) is 0 Å². The summed E-state index contributed by atoms with van der Waals surface area (Å²) in [5, 5.41) is 11.8. The van der Waals surface area contributed by atoms with Gasteiger partial charge in [0.2, 0.25) is 11.8 Å². The van der Waals surface area contributed by atoms with Crippen LogP contribution in [0.4, 0.5) is 10.5 Å². The SMILES string of the molecule is CC(C)[C@@H](NC(=O)CCCCCN1C(=O)C=CC1=O)C(=O)N[C@H](CCCNC(N)=O)CNc1ccc(COC(=O)C(C)(C)C)cc1. The zero-order chi connectivity index (χ0) is 34.3. The van der Waals surface area contributed by atoms with Crippen molar-refractivity contribution in [2.24, 2.45) is 17.1 Å². The molecule has 0 radical (unpaired) electrons. The maximum Gasteiger partial charge on any atom is 0.312 e. The number of nitrogens with two attached hydrogens (primary N) is 1. The molecule has 0 aromatic heterocycles. The molecule has 0 fully saturated rings. The smallest absolute Gasteiger partial charge is 0.312 e. The Hall–Kier alpha value is -4.42. The van der Waals surface area contributed by atoms with Gasteiger partial charge in [-0.15, -0.1) is 0 Å². The molecule has 0 aliphatic carbocycles. The minimum absolute atomic E-state index is 0.169. The van der Waals surface area contributed by atoms with Crippen molar-refractivity contribution >= 4 is 41.3 Å². The molecule has 13 nitrogen and oxygen atoms in total. The summed E-state index contributed by atoms with van der Waals surface area (Å²) in [5.74, 6) is -1.66. The molecule has 254 valence electrons. The van der Waals surface area contributed by atoms with Gasteiger partial charge in [-0.2, -0.15) is 0 Å². The molecule has 0 unspecified atom stereocenters. The second-order valence-electron chi connectivity index (χ2n) is 12.8. The lowest BCUT2D eigenvalue weighted by Gasteiger charge is -2.26. The Kier molecular flexibility index (Phi) is 15.2. The molecule has 1 aromatic carbocycles. The number of ether oxygens (including phenoxy) is 1. The summed E-state index contributed by atoms with van der Waals surface area (Å²) in [5.41, 5.74) is 6.25. The highest BCUT2D eigenvalue weighted by Crippen LogP contribution is 2.18. The van der Waals surface area contributed by atoms with Crippen LogP contribution in [0.25, 0.3) is 0 Å². The Bertz CT molecular complexity index is 1220. The summed E-state index contributed by atoms with van der Waals surface area (Å²) < 4.78 is 5.37. The molecule has 6 N–H and O–H groups in total. The van der Waals surface area contributed by atoms with Crippen LogP contribution >= 0.6 is 0 Å². The number of nitrogens with one attached hydrogen (secondary N) is 4. The number of hydrogen-bond acceptors (Lipinski definition) is 8. The Morgan fingerprint density at radius 1 is 0.913 bits per heavy atom. The molecule has 2 atom stereocenters. The Morgan fingerprint density at radius 3 is 2.15 bits per heavy atom. The molecule has 1 aromatic rings. The van der Waals surface area contributed by atoms with Crippen molar-refractivity contribution in [2.75, 3.05) is 25.0 Å². The van der Waals surface area contributed by atoms with Crippen molar-refractivity contribution in [1.82, 2.24) is 20.9 Å². The van der Waals surface area contributed by atoms with Crippen LogP contribution in [0.3, 0.4) is 0 Å². The first-order chi connectivity index (χ1) is 21.7. The summed E-state index contributed by atoms with van der Waals surface area (Å²) in [6.07, 6.45) is 5.61. The second kappa shape index (κ2) is 18.5. The fourth-order valence-corrected chi connectivity index (χ4v) is 4.57. The lowest BCUT2D eigenvalue weighted by atomic mass is 9.97. The maximum absolute atomic E-state index is 13.3. The summed E-state index contributed by atoms with van der Waals surface area (Å²) in [6.45, 7) is 10.3. The van der Waals surface area contributed by atoms with Crippen LogP contribution in [0.5, 0.6) is 0 Å². The van der Waals surface area contributed by atoms with Crippen LogP contribution in [0.15, 0.2) is 36.4 Å². The zero-order valence-electron chi connectivity index (χ0n) is 27.6. The highest BCUT2D eigenvalue weighted by atomic mass is 16.5. The summed E-state index contributed by atoms with van der Waals surface area (Å²) >= 11 is 0. The van der Waals surface area contributed by atoms with Gasteiger partial charge in [-0.1, -0.05) is 32.4 Å². The van der Waals surface area contributed by atoms with E-state index in [1.807, 2.05) is 38.1 Å². The molecule has 0 saturated carbocycles. The third-order valence-electron chi connectivity index (χ3n) is 7.32. The predicted octanol–water partition coefficient (Wildman–Crippen LogP) is 2.75. The zero-order valence-corrected chi connectivity index (χ0v) is 27.6. The molecular weight excluding hydrogens is 592 g/mol. The van der Waals surface area contributed by atoms with Gasteiger partial charge >= 0.3 is 12.0 Å². The van der Waals surface area contributed by atoms with Gasteiger partial charge < -0.3 is 31.7 Å². The number of carbonyl (C=O) groups excluding carboxylic acids is 6. The van der Waals surface area contributed by atoms with E-state index in [-0.39, 0.29) is 54.6 Å². The highest BCUT2D eigenvalue weighted by molar-refractivity contribution is 6.12. The number of imide groups is 1. The number of unbranched alkanes of at least 4 members (excludes halogenated alkanes) is 2. The number of anilines is 1. The molecule has 13 heteroatoms. The molecule has 1 aliphatic rings. The quantitative estimate of drug-likeness (QED) is 0.0865. The lowest BCUT2D eigenvalue weighted by molar-refractivity contribution is -0.154. The number of esters is 1. The van der Waals surface area contributed by atoms with E-state index in [0.29, 0.717) is 51.7 Å². The Labute approximate surface area is 271 Å². The fourth-order valence-electron chi connectivity index (χ4n) is 4.57. The van der Waals surface area contributed by atoms with Gasteiger partial charge in [0.15, 0.2) is 0 Å². The Morgan fingerprint density at radius 2 is 1.57 bits per heavy atom. The maximum atomic E-state index is 13.3. The molecule has 0 spiro atoms. The second-order valence-corrected chi connectivity index (χ2v) is 12.8. The van der Waals surface area contributed by atoms with E-state index in [4.69, 9.17) is 10.5 Å². The minimum atomic E-state index is -0.750. The molecule has 1 heterocycles. The van der Waals surface area contributed by atoms with Crippen molar-refractivity contribution in [3.8, 4) is 0 Å². The number of urea groups is 1. The number of benzene rings is 1. The van der Waals surface area contributed by atoms with Gasteiger partial charge in [0.05, 0.1) is 5.41 Å². The van der Waals surface area contributed by atoms with Crippen molar-refractivity contribution in [3.63, 3.8) is 0 Å². The first kappa shape index (κ1) is 37.8. The van der Waals surface area contributed by atoms with E-state index < -0.39 is 17.5 Å².